The molecule has 0 saturated heterocycles. The molecule has 1 heteroatoms. The number of hydrogen-bond acceptors (Lipinski definition) is 0. The molecule has 9 heavy (non-hydrogen) atoms. The van der Waals surface area contributed by atoms with Crippen molar-refractivity contribution in [2.75, 3.05) is 0 Å². The first kappa shape index (κ1) is 7.17. The van der Waals surface area contributed by atoms with E-state index in [0.717, 1.165) is 0 Å². The Hall–Kier alpha value is 0.0587. The summed E-state index contributed by atoms with van der Waals surface area (Å²) >= 11 is -1.70. The van der Waals surface area contributed by atoms with E-state index in [2.05, 4.69) is 32.7 Å². The van der Waals surface area contributed by atoms with Gasteiger partial charge in [0.25, 0.3) is 0 Å². The van der Waals surface area contributed by atoms with E-state index < -0.39 is 18.4 Å². The summed E-state index contributed by atoms with van der Waals surface area (Å²) in [6, 6.07) is 0. The van der Waals surface area contributed by atoms with Crippen molar-refractivity contribution in [2.45, 2.75) is 14.8 Å². The van der Waals surface area contributed by atoms with Crippen LogP contribution in [-0.4, -0.2) is 18.4 Å². The summed E-state index contributed by atoms with van der Waals surface area (Å²) in [6.45, 7) is 0. The van der Waals surface area contributed by atoms with Crippen LogP contribution in [0.1, 0.15) is 0 Å². The molecule has 0 N–H and O–H groups in total. The van der Waals surface area contributed by atoms with Gasteiger partial charge in [-0.05, 0) is 0 Å². The maximum atomic E-state index is 3.27. The Balaban J connectivity index is 2.88. The van der Waals surface area contributed by atoms with Gasteiger partial charge in [0.15, 0.2) is 0 Å². The summed E-state index contributed by atoms with van der Waals surface area (Å²) in [5, 5.41) is 0. The Morgan fingerprint density at radius 1 is 1.33 bits per heavy atom. The van der Waals surface area contributed by atoms with Crippen LogP contribution in [0.25, 0.3) is 0 Å². The maximum absolute atomic E-state index is 3.27. The predicted octanol–water partition coefficient (Wildman–Crippen LogP) is 2.52. The molecular formula is C8H12Sn. The van der Waals surface area contributed by atoms with Crippen LogP contribution in [0.4, 0.5) is 0 Å². The van der Waals surface area contributed by atoms with Crippen molar-refractivity contribution in [2.24, 2.45) is 0 Å². The number of rotatable bonds is 1. The molecular weight excluding hydrogens is 215 g/mol. The van der Waals surface area contributed by atoms with Crippen LogP contribution >= 0.6 is 0 Å². The van der Waals surface area contributed by atoms with E-state index in [0.29, 0.717) is 0 Å². The van der Waals surface area contributed by atoms with Crippen molar-refractivity contribution in [3.8, 4) is 0 Å². The van der Waals surface area contributed by atoms with Crippen molar-refractivity contribution in [1.82, 2.24) is 0 Å². The molecule has 0 saturated carbocycles. The van der Waals surface area contributed by atoms with Crippen LogP contribution in [0, 0.1) is 0 Å². The average Bonchev–Trinajstić information content (AvgIpc) is 2.08. The molecule has 0 fully saturated rings. The molecule has 0 aromatic heterocycles. The van der Waals surface area contributed by atoms with Gasteiger partial charge in [-0.25, -0.2) is 0 Å². The van der Waals surface area contributed by atoms with E-state index in [1.807, 2.05) is 6.08 Å². The minimum absolute atomic E-state index is 1.50. The summed E-state index contributed by atoms with van der Waals surface area (Å²) in [4.78, 5) is 7.21. The van der Waals surface area contributed by atoms with Crippen LogP contribution in [-0.2, 0) is 0 Å². The fraction of sp³-hybridized carbons (Fsp3) is 0.375. The van der Waals surface area contributed by atoms with E-state index >= 15 is 0 Å². The quantitative estimate of drug-likeness (QED) is 0.476. The van der Waals surface area contributed by atoms with Gasteiger partial charge < -0.3 is 0 Å². The molecule has 48 valence electrons. The monoisotopic (exact) mass is 228 g/mol. The Kier molecular flexibility index (Phi) is 1.88. The topological polar surface area (TPSA) is 0 Å². The van der Waals surface area contributed by atoms with Crippen LogP contribution in [0.15, 0.2) is 27.5 Å². The van der Waals surface area contributed by atoms with Gasteiger partial charge in [-0.15, -0.1) is 0 Å². The normalized spacial score (nSPS) is 16.6. The van der Waals surface area contributed by atoms with E-state index in [1.54, 1.807) is 0 Å². The molecule has 1 rings (SSSR count). The molecule has 0 amide bonds. The second-order valence-corrected chi connectivity index (χ2v) is 17.7. The minimum atomic E-state index is -1.70. The van der Waals surface area contributed by atoms with Crippen molar-refractivity contribution in [3.05, 3.63) is 27.5 Å². The Morgan fingerprint density at radius 2 is 2.00 bits per heavy atom. The molecule has 0 atom stereocenters. The summed E-state index contributed by atoms with van der Waals surface area (Å²) in [5.74, 6) is 0. The standard InChI is InChI=1S/C5H3.3CH3.Sn/c1-2-4-5-3-1;;;;/h1-3H;3*1H3;. The zero-order chi connectivity index (χ0) is 6.91. The fourth-order valence-electron chi connectivity index (χ4n) is 0.797. The molecule has 0 radical (unpaired) electrons. The fourth-order valence-corrected chi connectivity index (χ4v) is 3.97. The molecule has 0 unspecified atom stereocenters. The Bertz CT molecular complexity index is 197. The van der Waals surface area contributed by atoms with Gasteiger partial charge >= 0.3 is 60.7 Å². The first-order chi connectivity index (χ1) is 4.11. The molecule has 0 spiro atoms. The molecule has 1 aliphatic rings. The zero-order valence-electron chi connectivity index (χ0n) is 6.23. The van der Waals surface area contributed by atoms with Crippen LogP contribution in [0.2, 0.25) is 14.8 Å². The second-order valence-electron chi connectivity index (χ2n) is 3.33. The first-order valence-electron chi connectivity index (χ1n) is 3.24. The van der Waals surface area contributed by atoms with Gasteiger partial charge in [-0.1, -0.05) is 0 Å². The molecule has 1 aliphatic carbocycles. The summed E-state index contributed by atoms with van der Waals surface area (Å²) in [6.07, 6.45) is 6.30. The summed E-state index contributed by atoms with van der Waals surface area (Å²) < 4.78 is 1.50. The van der Waals surface area contributed by atoms with Crippen LogP contribution in [0.3, 0.4) is 0 Å². The Morgan fingerprint density at radius 3 is 2.22 bits per heavy atom. The van der Waals surface area contributed by atoms with Gasteiger partial charge in [0.05, 0.1) is 0 Å². The summed E-state index contributed by atoms with van der Waals surface area (Å²) in [5.41, 5.74) is 3.27. The van der Waals surface area contributed by atoms with E-state index in [4.69, 9.17) is 0 Å². The van der Waals surface area contributed by atoms with Gasteiger partial charge in [-0.2, -0.15) is 0 Å². The molecule has 0 heterocycles. The molecule has 0 aromatic carbocycles. The van der Waals surface area contributed by atoms with Gasteiger partial charge in [0, 0.05) is 0 Å². The average molecular weight is 227 g/mol. The zero-order valence-corrected chi connectivity index (χ0v) is 9.09. The molecule has 0 nitrogen and oxygen atoms in total. The second kappa shape index (κ2) is 2.35. The molecule has 0 aromatic rings. The van der Waals surface area contributed by atoms with Gasteiger partial charge in [0.1, 0.15) is 0 Å². The third kappa shape index (κ3) is 1.73. The van der Waals surface area contributed by atoms with Crippen molar-refractivity contribution >= 4 is 18.4 Å². The Labute approximate surface area is 60.8 Å². The SMILES string of the molecule is [CH3][Sn]([CH3])([CH3])[C]1=C=CC=C1. The molecule has 0 aliphatic heterocycles. The predicted molar refractivity (Wildman–Crippen MR) is 44.1 cm³/mol. The van der Waals surface area contributed by atoms with Crippen molar-refractivity contribution in [3.63, 3.8) is 0 Å². The number of allylic oxidation sites excluding steroid dienone is 3. The molecule has 0 bridgehead atoms. The van der Waals surface area contributed by atoms with E-state index in [9.17, 15) is 0 Å². The van der Waals surface area contributed by atoms with Crippen LogP contribution < -0.4 is 0 Å². The first-order valence-corrected chi connectivity index (χ1v) is 13.2. The van der Waals surface area contributed by atoms with Crippen molar-refractivity contribution < 1.29 is 0 Å². The van der Waals surface area contributed by atoms with E-state index in [1.165, 1.54) is 3.59 Å². The van der Waals surface area contributed by atoms with Gasteiger partial charge in [0.2, 0.25) is 0 Å². The summed E-state index contributed by atoms with van der Waals surface area (Å²) in [7, 11) is 0. The van der Waals surface area contributed by atoms with Gasteiger partial charge in [-0.3, -0.25) is 0 Å². The van der Waals surface area contributed by atoms with Crippen LogP contribution in [0.5, 0.6) is 0 Å². The number of hydrogen-bond donors (Lipinski definition) is 0. The van der Waals surface area contributed by atoms with E-state index in [-0.39, 0.29) is 0 Å². The third-order valence-electron chi connectivity index (χ3n) is 1.41. The van der Waals surface area contributed by atoms with Crippen molar-refractivity contribution in [1.29, 1.82) is 0 Å². The third-order valence-corrected chi connectivity index (χ3v) is 6.91.